The third-order valence-electron chi connectivity index (χ3n) is 3.76. The first-order chi connectivity index (χ1) is 8.72. The second-order valence-electron chi connectivity index (χ2n) is 5.45. The molecular weight excluding hydrogens is 218 g/mol. The van der Waals surface area contributed by atoms with Crippen LogP contribution in [-0.4, -0.2) is 4.98 Å². The summed E-state index contributed by atoms with van der Waals surface area (Å²) in [6.07, 6.45) is 6.18. The van der Waals surface area contributed by atoms with E-state index in [1.807, 2.05) is 0 Å². The minimum atomic E-state index is 0.698. The highest BCUT2D eigenvalue weighted by Gasteiger charge is 2.12. The number of pyridine rings is 1. The number of hydrogen-bond donors (Lipinski definition) is 0. The third-order valence-corrected chi connectivity index (χ3v) is 3.76. The number of benzene rings is 1. The molecule has 1 heteroatoms. The van der Waals surface area contributed by atoms with Crippen molar-refractivity contribution >= 4 is 16.5 Å². The van der Waals surface area contributed by atoms with Gasteiger partial charge in [0.15, 0.2) is 0 Å². The van der Waals surface area contributed by atoms with Crippen molar-refractivity contribution in [2.45, 2.75) is 33.1 Å². The van der Waals surface area contributed by atoms with Crippen LogP contribution in [0, 0.1) is 12.8 Å². The van der Waals surface area contributed by atoms with E-state index in [1.165, 1.54) is 35.8 Å². The molecule has 1 atom stereocenters. The van der Waals surface area contributed by atoms with E-state index in [0.29, 0.717) is 5.92 Å². The van der Waals surface area contributed by atoms with Crippen molar-refractivity contribution < 1.29 is 0 Å². The van der Waals surface area contributed by atoms with Gasteiger partial charge in [-0.25, -0.2) is 4.98 Å². The predicted molar refractivity (Wildman–Crippen MR) is 77.5 cm³/mol. The summed E-state index contributed by atoms with van der Waals surface area (Å²) in [4.78, 5) is 4.81. The molecule has 1 nitrogen and oxygen atoms in total. The van der Waals surface area contributed by atoms with Gasteiger partial charge in [0.25, 0.3) is 0 Å². The van der Waals surface area contributed by atoms with Gasteiger partial charge < -0.3 is 0 Å². The van der Waals surface area contributed by atoms with Gasteiger partial charge in [-0.2, -0.15) is 0 Å². The molecule has 18 heavy (non-hydrogen) atoms. The fraction of sp³-hybridized carbons (Fsp3) is 0.353. The van der Waals surface area contributed by atoms with Gasteiger partial charge in [-0.05, 0) is 55.9 Å². The van der Waals surface area contributed by atoms with Gasteiger partial charge in [-0.3, -0.25) is 0 Å². The molecule has 1 aromatic carbocycles. The molecule has 0 bridgehead atoms. The molecule has 1 aliphatic rings. The Morgan fingerprint density at radius 2 is 2.06 bits per heavy atom. The topological polar surface area (TPSA) is 12.9 Å². The minimum absolute atomic E-state index is 0.698. The molecule has 0 saturated heterocycles. The Balaban J connectivity index is 2.05. The van der Waals surface area contributed by atoms with Crippen molar-refractivity contribution in [1.82, 2.24) is 4.98 Å². The average molecular weight is 237 g/mol. The first-order valence-corrected chi connectivity index (χ1v) is 6.81. The molecule has 0 amide bonds. The van der Waals surface area contributed by atoms with Crippen LogP contribution < -0.4 is 0 Å². The molecule has 2 aromatic rings. The lowest BCUT2D eigenvalue weighted by molar-refractivity contribution is 0.592. The molecule has 0 aliphatic heterocycles. The molecule has 1 heterocycles. The van der Waals surface area contributed by atoms with Crippen molar-refractivity contribution in [3.63, 3.8) is 0 Å². The Bertz CT molecular complexity index is 610. The summed E-state index contributed by atoms with van der Waals surface area (Å²) in [7, 11) is 0. The highest BCUT2D eigenvalue weighted by atomic mass is 14.7. The molecule has 1 aromatic heterocycles. The molecule has 1 aliphatic carbocycles. The summed E-state index contributed by atoms with van der Waals surface area (Å²) in [5, 5.41) is 1.24. The summed E-state index contributed by atoms with van der Waals surface area (Å²) in [6.45, 7) is 4.42. The van der Waals surface area contributed by atoms with Crippen LogP contribution in [-0.2, 0) is 0 Å². The van der Waals surface area contributed by atoms with Crippen molar-refractivity contribution in [3.05, 3.63) is 47.7 Å². The Morgan fingerprint density at radius 1 is 1.17 bits per heavy atom. The lowest BCUT2D eigenvalue weighted by Gasteiger charge is -2.17. The smallest absolute Gasteiger partial charge is 0.0709 e. The number of aryl methyl sites for hydroxylation is 1. The Kier molecular flexibility index (Phi) is 2.91. The number of aromatic nitrogens is 1. The minimum Gasteiger partial charge on any atom is -0.248 e. The molecule has 0 saturated carbocycles. The van der Waals surface area contributed by atoms with E-state index in [0.717, 1.165) is 11.2 Å². The van der Waals surface area contributed by atoms with Crippen LogP contribution in [0.5, 0.6) is 0 Å². The zero-order valence-corrected chi connectivity index (χ0v) is 11.1. The quantitative estimate of drug-likeness (QED) is 0.697. The van der Waals surface area contributed by atoms with E-state index in [2.05, 4.69) is 50.3 Å². The van der Waals surface area contributed by atoms with E-state index >= 15 is 0 Å². The van der Waals surface area contributed by atoms with Crippen molar-refractivity contribution in [2.75, 3.05) is 0 Å². The van der Waals surface area contributed by atoms with Crippen LogP contribution in [0.1, 0.15) is 37.4 Å². The number of nitrogens with zero attached hydrogens (tertiary/aromatic N) is 1. The van der Waals surface area contributed by atoms with Gasteiger partial charge in [-0.1, -0.05) is 30.7 Å². The van der Waals surface area contributed by atoms with Gasteiger partial charge in [0.1, 0.15) is 0 Å². The molecule has 3 rings (SSSR count). The van der Waals surface area contributed by atoms with Crippen LogP contribution in [0.15, 0.2) is 36.4 Å². The maximum absolute atomic E-state index is 4.81. The van der Waals surface area contributed by atoms with Gasteiger partial charge in [0.05, 0.1) is 11.2 Å². The third kappa shape index (κ3) is 2.17. The summed E-state index contributed by atoms with van der Waals surface area (Å²) >= 11 is 0. The summed E-state index contributed by atoms with van der Waals surface area (Å²) in [5.74, 6) is 0.698. The van der Waals surface area contributed by atoms with Crippen LogP contribution in [0.25, 0.3) is 16.5 Å². The number of fused-ring (bicyclic) bond motifs is 1. The zero-order valence-electron chi connectivity index (χ0n) is 11.1. The van der Waals surface area contributed by atoms with Crippen molar-refractivity contribution in [2.24, 2.45) is 5.92 Å². The van der Waals surface area contributed by atoms with Crippen LogP contribution in [0.3, 0.4) is 0 Å². The van der Waals surface area contributed by atoms with E-state index in [1.54, 1.807) is 0 Å². The summed E-state index contributed by atoms with van der Waals surface area (Å²) < 4.78 is 0. The Hall–Kier alpha value is -1.63. The van der Waals surface area contributed by atoms with Crippen molar-refractivity contribution in [1.29, 1.82) is 0 Å². The normalized spacial score (nSPS) is 19.9. The van der Waals surface area contributed by atoms with Gasteiger partial charge >= 0.3 is 0 Å². The lowest BCUT2D eigenvalue weighted by Crippen LogP contribution is -2.01. The Labute approximate surface area is 109 Å². The number of allylic oxidation sites excluding steroid dienone is 2. The first-order valence-electron chi connectivity index (χ1n) is 6.81. The van der Waals surface area contributed by atoms with Gasteiger partial charge in [-0.15, -0.1) is 0 Å². The van der Waals surface area contributed by atoms with E-state index < -0.39 is 0 Å². The van der Waals surface area contributed by atoms with E-state index in [9.17, 15) is 0 Å². The highest BCUT2D eigenvalue weighted by molar-refractivity contribution is 5.81. The van der Waals surface area contributed by atoms with Crippen LogP contribution in [0.2, 0.25) is 0 Å². The largest absolute Gasteiger partial charge is 0.248 e. The summed E-state index contributed by atoms with van der Waals surface area (Å²) in [6, 6.07) is 10.8. The second-order valence-corrected chi connectivity index (χ2v) is 5.45. The molecule has 0 N–H and O–H groups in total. The van der Waals surface area contributed by atoms with E-state index in [-0.39, 0.29) is 0 Å². The van der Waals surface area contributed by atoms with Gasteiger partial charge in [0, 0.05) is 5.39 Å². The predicted octanol–water partition coefficient (Wildman–Crippen LogP) is 4.75. The van der Waals surface area contributed by atoms with Crippen LogP contribution in [0.4, 0.5) is 0 Å². The maximum Gasteiger partial charge on any atom is 0.0709 e. The number of rotatable bonds is 1. The summed E-state index contributed by atoms with van der Waals surface area (Å²) in [5.41, 5.74) is 4.99. The highest BCUT2D eigenvalue weighted by Crippen LogP contribution is 2.29. The fourth-order valence-electron chi connectivity index (χ4n) is 2.76. The fourth-order valence-corrected chi connectivity index (χ4v) is 2.76. The number of hydrogen-bond acceptors (Lipinski definition) is 1. The maximum atomic E-state index is 4.81. The SMILES string of the molecule is Cc1ccc2nc(C3=CC(C)CCC3)ccc2c1. The average Bonchev–Trinajstić information content (AvgIpc) is 2.38. The molecule has 0 fully saturated rings. The molecule has 0 spiro atoms. The Morgan fingerprint density at radius 3 is 2.89 bits per heavy atom. The van der Waals surface area contributed by atoms with Gasteiger partial charge in [0.2, 0.25) is 0 Å². The zero-order chi connectivity index (χ0) is 12.5. The lowest BCUT2D eigenvalue weighted by atomic mass is 9.90. The van der Waals surface area contributed by atoms with Crippen molar-refractivity contribution in [3.8, 4) is 0 Å². The monoisotopic (exact) mass is 237 g/mol. The molecule has 0 radical (unpaired) electrons. The standard InChI is InChI=1S/C17H19N/c1-12-4-3-5-14(10-12)17-9-7-15-11-13(2)6-8-16(15)18-17/h6-12H,3-5H2,1-2H3. The van der Waals surface area contributed by atoms with E-state index in [4.69, 9.17) is 4.98 Å². The molecule has 92 valence electrons. The molecule has 1 unspecified atom stereocenters. The second kappa shape index (κ2) is 4.56. The molecular formula is C17H19N. The first kappa shape index (κ1) is 11.5. The van der Waals surface area contributed by atoms with Crippen LogP contribution >= 0.6 is 0 Å².